The Balaban J connectivity index is 1.42. The molecule has 0 unspecified atom stereocenters. The fourth-order valence-corrected chi connectivity index (χ4v) is 3.59. The quantitative estimate of drug-likeness (QED) is 0.527. The molecule has 0 spiro atoms. The third-order valence-electron chi connectivity index (χ3n) is 5.49. The molecule has 0 bridgehead atoms. The average molecular weight is 439 g/mol. The van der Waals surface area contributed by atoms with Crippen LogP contribution in [0.3, 0.4) is 0 Å². The molecule has 0 aromatic carbocycles. The molecule has 3 aromatic heterocycles. The molecule has 32 heavy (non-hydrogen) atoms. The van der Waals surface area contributed by atoms with E-state index in [1.165, 1.54) is 13.1 Å². The van der Waals surface area contributed by atoms with E-state index in [1.54, 1.807) is 16.8 Å². The number of halogens is 1. The van der Waals surface area contributed by atoms with Crippen LogP contribution < -0.4 is 20.9 Å². The van der Waals surface area contributed by atoms with E-state index in [0.29, 0.717) is 30.8 Å². The SMILES string of the molecule is CNC(=O)c1nnc(NC(=O)C2CC2)cc1Nc1nc2ccc(N3CC[C@H](F)C3)cn2n1. The standard InChI is InChI=1S/C20H22FN9O2/c1-22-19(32)17-14(8-15(26-27-17)24-18(31)11-2-3-11)23-20-25-16-5-4-13(10-30(16)28-20)29-7-6-12(21)9-29/h4-5,8,10-12H,2-3,6-7,9H2,1H3,(H,22,32)(H2,23,24,26,28,31)/t12-/m0/s1. The van der Waals surface area contributed by atoms with Crippen LogP contribution in [0.5, 0.6) is 0 Å². The van der Waals surface area contributed by atoms with Crippen LogP contribution in [0.2, 0.25) is 0 Å². The Bertz CT molecular complexity index is 1190. The van der Waals surface area contributed by atoms with Crippen LogP contribution in [0, 0.1) is 5.92 Å². The smallest absolute Gasteiger partial charge is 0.273 e. The molecule has 3 N–H and O–H groups in total. The van der Waals surface area contributed by atoms with E-state index in [4.69, 9.17) is 0 Å². The van der Waals surface area contributed by atoms with E-state index < -0.39 is 12.1 Å². The first-order valence-electron chi connectivity index (χ1n) is 10.4. The molecule has 4 heterocycles. The first-order chi connectivity index (χ1) is 15.5. The zero-order chi connectivity index (χ0) is 22.2. The Morgan fingerprint density at radius 2 is 2.03 bits per heavy atom. The molecular formula is C20H22FN9O2. The number of pyridine rings is 1. The molecule has 1 aliphatic heterocycles. The molecule has 5 rings (SSSR count). The fraction of sp³-hybridized carbons (Fsp3) is 0.400. The molecule has 1 atom stereocenters. The number of carbonyl (C=O) groups is 2. The number of aromatic nitrogens is 5. The third kappa shape index (κ3) is 4.03. The summed E-state index contributed by atoms with van der Waals surface area (Å²) in [7, 11) is 1.49. The van der Waals surface area contributed by atoms with E-state index >= 15 is 0 Å². The summed E-state index contributed by atoms with van der Waals surface area (Å²) in [5.74, 6) is -0.0819. The van der Waals surface area contributed by atoms with Gasteiger partial charge in [0.25, 0.3) is 5.91 Å². The molecule has 1 saturated heterocycles. The van der Waals surface area contributed by atoms with Crippen molar-refractivity contribution in [1.29, 1.82) is 0 Å². The Kier molecular flexibility index (Phi) is 5.04. The highest BCUT2D eigenvalue weighted by atomic mass is 19.1. The van der Waals surface area contributed by atoms with Crippen molar-refractivity contribution >= 4 is 40.6 Å². The minimum atomic E-state index is -0.824. The maximum absolute atomic E-state index is 13.6. The number of amides is 2. The van der Waals surface area contributed by atoms with Gasteiger partial charge < -0.3 is 20.9 Å². The van der Waals surface area contributed by atoms with Crippen LogP contribution >= 0.6 is 0 Å². The Labute approximate surface area is 182 Å². The second-order valence-corrected chi connectivity index (χ2v) is 7.92. The van der Waals surface area contributed by atoms with Gasteiger partial charge in [0.05, 0.1) is 17.6 Å². The van der Waals surface area contributed by atoms with Crippen molar-refractivity contribution in [1.82, 2.24) is 30.1 Å². The maximum Gasteiger partial charge on any atom is 0.273 e. The van der Waals surface area contributed by atoms with Gasteiger partial charge in [0.1, 0.15) is 6.17 Å². The molecule has 11 nitrogen and oxygen atoms in total. The largest absolute Gasteiger partial charge is 0.367 e. The summed E-state index contributed by atoms with van der Waals surface area (Å²) in [6.45, 7) is 1.01. The van der Waals surface area contributed by atoms with Gasteiger partial charge in [-0.3, -0.25) is 9.59 Å². The first kappa shape index (κ1) is 20.1. The van der Waals surface area contributed by atoms with E-state index in [-0.39, 0.29) is 29.3 Å². The lowest BCUT2D eigenvalue weighted by atomic mass is 10.3. The Morgan fingerprint density at radius 1 is 1.19 bits per heavy atom. The van der Waals surface area contributed by atoms with Gasteiger partial charge in [0.2, 0.25) is 11.9 Å². The highest BCUT2D eigenvalue weighted by molar-refractivity contribution is 5.99. The van der Waals surface area contributed by atoms with Crippen molar-refractivity contribution in [2.45, 2.75) is 25.4 Å². The van der Waals surface area contributed by atoms with Gasteiger partial charge in [-0.25, -0.2) is 8.91 Å². The molecule has 166 valence electrons. The van der Waals surface area contributed by atoms with Crippen LogP contribution in [0.4, 0.5) is 27.5 Å². The maximum atomic E-state index is 13.6. The predicted molar refractivity (Wildman–Crippen MR) is 115 cm³/mol. The molecule has 1 aliphatic carbocycles. The van der Waals surface area contributed by atoms with Crippen molar-refractivity contribution in [2.75, 3.05) is 35.7 Å². The summed E-state index contributed by atoms with van der Waals surface area (Å²) < 4.78 is 15.1. The summed E-state index contributed by atoms with van der Waals surface area (Å²) in [4.78, 5) is 30.7. The predicted octanol–water partition coefficient (Wildman–Crippen LogP) is 1.52. The number of carbonyl (C=O) groups excluding carboxylic acids is 2. The average Bonchev–Trinajstić information content (AvgIpc) is 3.43. The number of nitrogens with one attached hydrogen (secondary N) is 3. The van der Waals surface area contributed by atoms with Crippen LogP contribution in [-0.4, -0.2) is 62.9 Å². The van der Waals surface area contributed by atoms with E-state index in [2.05, 4.69) is 36.2 Å². The Morgan fingerprint density at radius 3 is 2.75 bits per heavy atom. The highest BCUT2D eigenvalue weighted by Crippen LogP contribution is 2.30. The number of hydrogen-bond donors (Lipinski definition) is 3. The molecule has 2 fully saturated rings. The molecule has 1 saturated carbocycles. The van der Waals surface area contributed by atoms with E-state index in [0.717, 1.165) is 18.5 Å². The number of alkyl halides is 1. The van der Waals surface area contributed by atoms with Gasteiger partial charge in [0.15, 0.2) is 17.2 Å². The molecule has 2 amide bonds. The second-order valence-electron chi connectivity index (χ2n) is 7.92. The van der Waals surface area contributed by atoms with Crippen molar-refractivity contribution < 1.29 is 14.0 Å². The van der Waals surface area contributed by atoms with Crippen LogP contribution in [0.15, 0.2) is 24.4 Å². The van der Waals surface area contributed by atoms with Gasteiger partial charge in [0, 0.05) is 32.1 Å². The zero-order valence-electron chi connectivity index (χ0n) is 17.4. The number of anilines is 4. The fourth-order valence-electron chi connectivity index (χ4n) is 3.59. The second kappa shape index (κ2) is 8.02. The summed E-state index contributed by atoms with van der Waals surface area (Å²) in [5.41, 5.74) is 1.79. The lowest BCUT2D eigenvalue weighted by Gasteiger charge is -2.16. The van der Waals surface area contributed by atoms with Gasteiger partial charge in [-0.05, 0) is 31.4 Å². The molecule has 2 aliphatic rings. The number of rotatable bonds is 6. The Hall–Kier alpha value is -3.83. The molecular weight excluding hydrogens is 417 g/mol. The van der Waals surface area contributed by atoms with Gasteiger partial charge >= 0.3 is 0 Å². The van der Waals surface area contributed by atoms with E-state index in [9.17, 15) is 14.0 Å². The van der Waals surface area contributed by atoms with E-state index in [1.807, 2.05) is 11.0 Å². The summed E-state index contributed by atoms with van der Waals surface area (Å²) in [6, 6.07) is 5.20. The molecule has 0 radical (unpaired) electrons. The minimum Gasteiger partial charge on any atom is -0.367 e. The summed E-state index contributed by atoms with van der Waals surface area (Å²) >= 11 is 0. The van der Waals surface area contributed by atoms with Crippen molar-refractivity contribution in [3.8, 4) is 0 Å². The topological polar surface area (TPSA) is 129 Å². The number of fused-ring (bicyclic) bond motifs is 1. The van der Waals surface area contributed by atoms with Gasteiger partial charge in [-0.2, -0.15) is 4.98 Å². The van der Waals surface area contributed by atoms with Crippen molar-refractivity contribution in [3.05, 3.63) is 30.1 Å². The van der Waals surface area contributed by atoms with Gasteiger partial charge in [-0.15, -0.1) is 15.3 Å². The van der Waals surface area contributed by atoms with Crippen LogP contribution in [0.1, 0.15) is 29.8 Å². The van der Waals surface area contributed by atoms with Crippen LogP contribution in [0.25, 0.3) is 5.65 Å². The summed E-state index contributed by atoms with van der Waals surface area (Å²) in [6.07, 6.45) is 3.20. The molecule has 12 heteroatoms. The third-order valence-corrected chi connectivity index (χ3v) is 5.49. The summed E-state index contributed by atoms with van der Waals surface area (Å²) in [5, 5.41) is 20.6. The van der Waals surface area contributed by atoms with Crippen molar-refractivity contribution in [2.24, 2.45) is 5.92 Å². The minimum absolute atomic E-state index is 0.00408. The lowest BCUT2D eigenvalue weighted by Crippen LogP contribution is -2.22. The lowest BCUT2D eigenvalue weighted by molar-refractivity contribution is -0.117. The van der Waals surface area contributed by atoms with Crippen LogP contribution in [-0.2, 0) is 4.79 Å². The first-order valence-corrected chi connectivity index (χ1v) is 10.4. The zero-order valence-corrected chi connectivity index (χ0v) is 17.4. The molecule has 3 aromatic rings. The monoisotopic (exact) mass is 439 g/mol. The highest BCUT2D eigenvalue weighted by Gasteiger charge is 2.30. The van der Waals surface area contributed by atoms with Crippen molar-refractivity contribution in [3.63, 3.8) is 0 Å². The normalized spacial score (nSPS) is 18.1. The number of hydrogen-bond acceptors (Lipinski definition) is 8. The number of nitrogens with zero attached hydrogens (tertiary/aromatic N) is 6. The van der Waals surface area contributed by atoms with Gasteiger partial charge in [-0.1, -0.05) is 0 Å².